The Morgan fingerprint density at radius 1 is 0.463 bits per heavy atom. The molecule has 2 aliphatic heterocycles. The molecule has 0 atom stereocenters. The summed E-state index contributed by atoms with van der Waals surface area (Å²) in [7, 11) is 0. The Labute approximate surface area is 253 Å². The zero-order valence-electron chi connectivity index (χ0n) is 26.2. The van der Waals surface area contributed by atoms with Crippen LogP contribution in [0.25, 0.3) is 45.9 Å². The second-order valence-corrected chi connectivity index (χ2v) is 14.9. The molecule has 0 amide bonds. The van der Waals surface area contributed by atoms with Crippen molar-refractivity contribution in [3.63, 3.8) is 0 Å². The van der Waals surface area contributed by atoms with Gasteiger partial charge in [-0.3, -0.25) is 0 Å². The predicted molar refractivity (Wildman–Crippen MR) is 162 cm³/mol. The summed E-state index contributed by atoms with van der Waals surface area (Å²) in [6, 6.07) is 4.01. The van der Waals surface area contributed by atoms with Crippen molar-refractivity contribution in [3.05, 3.63) is 46.6 Å². The third kappa shape index (κ3) is 6.21. The van der Waals surface area contributed by atoms with Crippen LogP contribution in [0.3, 0.4) is 0 Å². The molecular formula is C32H40CuN8. The number of allylic oxidation sites excluding steroid dienone is 2. The van der Waals surface area contributed by atoms with Gasteiger partial charge in [0.1, 0.15) is 0 Å². The second-order valence-electron chi connectivity index (χ2n) is 14.9. The molecule has 0 N–H and O–H groups in total. The minimum atomic E-state index is -0.195. The zero-order valence-corrected chi connectivity index (χ0v) is 27.1. The fourth-order valence-corrected chi connectivity index (χ4v) is 4.79. The fraction of sp³-hybridized carbons (Fsp3) is 0.500. The smallest absolute Gasteiger partial charge is 0.358 e. The molecule has 3 aromatic rings. The van der Waals surface area contributed by atoms with Gasteiger partial charge in [0, 0.05) is 22.6 Å². The van der Waals surface area contributed by atoms with E-state index in [1.807, 2.05) is 24.3 Å². The summed E-state index contributed by atoms with van der Waals surface area (Å²) < 4.78 is 0. The molecule has 0 aromatic carbocycles. The normalized spacial score (nSPS) is 14.4. The standard InChI is InChI=1S/C32H40N8.Cu/c1-29(2,3)17-13-21-33-22-15-19(31(7,8)9)27(37-22)40-28-20(32(10,11)12)16-24(38-28)34-23-14-18(30(4,5)6)26(36-23)39-25(17)35-21;/h13-16H,1-12H3;/q-2;+2. The summed E-state index contributed by atoms with van der Waals surface area (Å²) in [6.07, 6.45) is 4.01. The molecule has 8 bridgehead atoms. The van der Waals surface area contributed by atoms with Crippen LogP contribution in [0.2, 0.25) is 0 Å². The van der Waals surface area contributed by atoms with Crippen molar-refractivity contribution in [2.45, 2.75) is 93.9 Å². The largest absolute Gasteiger partial charge is 2.00 e. The van der Waals surface area contributed by atoms with Crippen LogP contribution in [0.15, 0.2) is 12.1 Å². The Balaban J connectivity index is 0.00000387. The number of nitrogens with zero attached hydrogens (tertiary/aromatic N) is 8. The first-order valence-electron chi connectivity index (χ1n) is 13.9. The first-order chi connectivity index (χ1) is 18.3. The Kier molecular flexibility index (Phi) is 7.50. The van der Waals surface area contributed by atoms with Crippen molar-refractivity contribution in [2.24, 2.45) is 10.8 Å². The van der Waals surface area contributed by atoms with Crippen LogP contribution < -0.4 is 9.97 Å². The number of fused-ring (bicyclic) bond motifs is 8. The van der Waals surface area contributed by atoms with E-state index >= 15 is 0 Å². The van der Waals surface area contributed by atoms with Gasteiger partial charge in [-0.1, -0.05) is 83.1 Å². The Hall–Kier alpha value is -3.16. The summed E-state index contributed by atoms with van der Waals surface area (Å²) in [6.45, 7) is 25.8. The summed E-state index contributed by atoms with van der Waals surface area (Å²) in [4.78, 5) is 39.2. The molecule has 219 valence electrons. The van der Waals surface area contributed by atoms with Gasteiger partial charge >= 0.3 is 17.1 Å². The quantitative estimate of drug-likeness (QED) is 0.256. The zero-order chi connectivity index (χ0) is 29.4. The third-order valence-electron chi connectivity index (χ3n) is 7.05. The van der Waals surface area contributed by atoms with E-state index in [9.17, 15) is 0 Å². The van der Waals surface area contributed by atoms with E-state index in [0.29, 0.717) is 45.9 Å². The van der Waals surface area contributed by atoms with Crippen LogP contribution in [0, 0.1) is 10.8 Å². The average molecular weight is 600 g/mol. The van der Waals surface area contributed by atoms with Gasteiger partial charge in [0.25, 0.3) is 0 Å². The van der Waals surface area contributed by atoms with Crippen LogP contribution in [-0.4, -0.2) is 29.9 Å². The van der Waals surface area contributed by atoms with Gasteiger partial charge in [-0.25, -0.2) is 15.0 Å². The van der Waals surface area contributed by atoms with E-state index in [1.54, 1.807) is 0 Å². The molecule has 9 heteroatoms. The van der Waals surface area contributed by atoms with E-state index in [4.69, 9.17) is 39.9 Å². The van der Waals surface area contributed by atoms with Crippen molar-refractivity contribution < 1.29 is 17.1 Å². The number of rotatable bonds is 0. The molecule has 0 unspecified atom stereocenters. The Morgan fingerprint density at radius 3 is 1.15 bits per heavy atom. The third-order valence-corrected chi connectivity index (χ3v) is 7.05. The van der Waals surface area contributed by atoms with Crippen molar-refractivity contribution in [3.8, 4) is 0 Å². The molecule has 0 fully saturated rings. The van der Waals surface area contributed by atoms with Crippen LogP contribution in [0.5, 0.6) is 0 Å². The monoisotopic (exact) mass is 599 g/mol. The van der Waals surface area contributed by atoms with Crippen molar-refractivity contribution in [1.29, 1.82) is 0 Å². The van der Waals surface area contributed by atoms with Crippen LogP contribution in [-0.2, 0) is 27.9 Å². The van der Waals surface area contributed by atoms with Gasteiger partial charge < -0.3 is 24.9 Å². The Morgan fingerprint density at radius 2 is 0.829 bits per heavy atom. The molecule has 8 nitrogen and oxygen atoms in total. The second kappa shape index (κ2) is 9.99. The topological polar surface area (TPSA) is 106 Å². The summed E-state index contributed by atoms with van der Waals surface area (Å²) in [5.41, 5.74) is 5.59. The molecule has 5 heterocycles. The molecule has 0 saturated heterocycles. The molecule has 5 rings (SSSR count). The summed E-state index contributed by atoms with van der Waals surface area (Å²) in [5.74, 6) is 2.37. The maximum absolute atomic E-state index is 5.01. The van der Waals surface area contributed by atoms with Gasteiger partial charge in [-0.05, 0) is 68.2 Å². The predicted octanol–water partition coefficient (Wildman–Crippen LogP) is 6.92. The molecular weight excluding hydrogens is 560 g/mol. The minimum absolute atomic E-state index is 0. The SMILES string of the molecule is CC(C)(C)C1=Cc2nc3nc(nc4[n-]c(cc4C(C)(C)C)nc4cc(C(C)(C)C)c(nc1n2)[n-]4)C(C(C)(C)C)=C3.[Cu+2]. The van der Waals surface area contributed by atoms with Gasteiger partial charge in [-0.15, -0.1) is 0 Å². The molecule has 41 heavy (non-hydrogen) atoms. The molecule has 1 radical (unpaired) electrons. The maximum Gasteiger partial charge on any atom is 2.00 e. The first kappa shape index (κ1) is 30.8. The van der Waals surface area contributed by atoms with Crippen molar-refractivity contribution in [1.82, 2.24) is 39.9 Å². The molecule has 2 aliphatic rings. The summed E-state index contributed by atoms with van der Waals surface area (Å²) in [5, 5.41) is 0. The average Bonchev–Trinajstić information content (AvgIpc) is 3.53. The van der Waals surface area contributed by atoms with E-state index < -0.39 is 0 Å². The molecule has 0 saturated carbocycles. The van der Waals surface area contributed by atoms with Crippen LogP contribution in [0.4, 0.5) is 0 Å². The number of aromatic nitrogens is 8. The van der Waals surface area contributed by atoms with Crippen molar-refractivity contribution >= 4 is 45.9 Å². The number of hydrogen-bond acceptors (Lipinski definition) is 6. The van der Waals surface area contributed by atoms with E-state index in [0.717, 1.165) is 22.3 Å². The van der Waals surface area contributed by atoms with E-state index in [-0.39, 0.29) is 38.7 Å². The van der Waals surface area contributed by atoms with Crippen LogP contribution >= 0.6 is 0 Å². The maximum atomic E-state index is 5.01. The summed E-state index contributed by atoms with van der Waals surface area (Å²) >= 11 is 0. The minimum Gasteiger partial charge on any atom is -0.358 e. The van der Waals surface area contributed by atoms with E-state index in [2.05, 4.69) is 83.1 Å². The molecule has 0 aliphatic carbocycles. The van der Waals surface area contributed by atoms with Crippen molar-refractivity contribution in [2.75, 3.05) is 0 Å². The Bertz CT molecular complexity index is 1600. The molecule has 0 spiro atoms. The van der Waals surface area contributed by atoms with Gasteiger partial charge in [0.2, 0.25) is 0 Å². The van der Waals surface area contributed by atoms with Gasteiger partial charge in [0.05, 0.1) is 11.6 Å². The number of hydrogen-bond donors (Lipinski definition) is 0. The fourth-order valence-electron chi connectivity index (χ4n) is 4.79. The first-order valence-corrected chi connectivity index (χ1v) is 13.9. The van der Waals surface area contributed by atoms with Crippen LogP contribution in [0.1, 0.15) is 118 Å². The van der Waals surface area contributed by atoms with Gasteiger partial charge in [0.15, 0.2) is 11.6 Å². The van der Waals surface area contributed by atoms with Gasteiger partial charge in [-0.2, -0.15) is 0 Å². The van der Waals surface area contributed by atoms with E-state index in [1.165, 1.54) is 0 Å². The molecule has 3 aromatic heterocycles.